The maximum absolute atomic E-state index is 12.8. The van der Waals surface area contributed by atoms with Crippen molar-refractivity contribution < 1.29 is 9.09 Å². The Labute approximate surface area is 94.2 Å². The summed E-state index contributed by atoms with van der Waals surface area (Å²) in [4.78, 5) is 0. The summed E-state index contributed by atoms with van der Waals surface area (Å²) in [6.45, 7) is 13.3. The van der Waals surface area contributed by atoms with Crippen LogP contribution in [0.4, 0.5) is 0 Å². The van der Waals surface area contributed by atoms with Crippen LogP contribution in [-0.4, -0.2) is 16.9 Å². The van der Waals surface area contributed by atoms with E-state index in [2.05, 4.69) is 41.5 Å². The van der Waals surface area contributed by atoms with Gasteiger partial charge in [-0.3, -0.25) is 4.57 Å². The van der Waals surface area contributed by atoms with Crippen LogP contribution in [0.2, 0.25) is 0 Å². The van der Waals surface area contributed by atoms with Crippen molar-refractivity contribution in [3.8, 4) is 0 Å². The van der Waals surface area contributed by atoms with Crippen LogP contribution in [0.5, 0.6) is 0 Å². The highest BCUT2D eigenvalue weighted by molar-refractivity contribution is 7.64. The highest BCUT2D eigenvalue weighted by Crippen LogP contribution is 2.82. The van der Waals surface area contributed by atoms with Crippen molar-refractivity contribution in [1.29, 1.82) is 0 Å². The summed E-state index contributed by atoms with van der Waals surface area (Å²) in [5.41, 5.74) is 0. The molecule has 1 aliphatic heterocycles. The number of hydrogen-bond acceptors (Lipinski definition) is 2. The van der Waals surface area contributed by atoms with E-state index in [1.165, 1.54) is 0 Å². The van der Waals surface area contributed by atoms with Gasteiger partial charge >= 0.3 is 0 Å². The van der Waals surface area contributed by atoms with Crippen LogP contribution in [0, 0.1) is 5.92 Å². The number of hydrogen-bond donors (Lipinski definition) is 0. The van der Waals surface area contributed by atoms with E-state index in [-0.39, 0.29) is 10.3 Å². The highest BCUT2D eigenvalue weighted by atomic mass is 31.2. The molecule has 3 heteroatoms. The van der Waals surface area contributed by atoms with E-state index in [0.29, 0.717) is 12.5 Å². The molecule has 0 N–H and O–H groups in total. The standard InChI is InChI=1S/C12H25O2P/c1-7-8-9-14-15(13)11(3,4)10(2)12(15,5)6/h10H,7-9H2,1-6H3. The van der Waals surface area contributed by atoms with Crippen molar-refractivity contribution in [2.45, 2.75) is 64.7 Å². The van der Waals surface area contributed by atoms with Gasteiger partial charge in [-0.25, -0.2) is 0 Å². The van der Waals surface area contributed by atoms with Gasteiger partial charge < -0.3 is 4.52 Å². The first-order chi connectivity index (χ1) is 6.72. The Morgan fingerprint density at radius 2 is 1.67 bits per heavy atom. The predicted molar refractivity (Wildman–Crippen MR) is 65.8 cm³/mol. The number of rotatable bonds is 4. The van der Waals surface area contributed by atoms with E-state index in [1.54, 1.807) is 0 Å². The van der Waals surface area contributed by atoms with Crippen LogP contribution < -0.4 is 0 Å². The first kappa shape index (κ1) is 13.3. The lowest BCUT2D eigenvalue weighted by Crippen LogP contribution is -2.58. The molecule has 0 atom stereocenters. The molecule has 0 saturated carbocycles. The first-order valence-corrected chi connectivity index (χ1v) is 7.59. The SMILES string of the molecule is CCCCOP1(=O)C(C)(C)C(C)C1(C)C. The van der Waals surface area contributed by atoms with E-state index < -0.39 is 7.37 Å². The van der Waals surface area contributed by atoms with E-state index in [0.717, 1.165) is 12.8 Å². The van der Waals surface area contributed by atoms with Gasteiger partial charge in [-0.15, -0.1) is 0 Å². The summed E-state index contributed by atoms with van der Waals surface area (Å²) < 4.78 is 18.6. The third-order valence-electron chi connectivity index (χ3n) is 4.41. The molecule has 0 aliphatic carbocycles. The molecule has 90 valence electrons. The van der Waals surface area contributed by atoms with Crippen LogP contribution in [-0.2, 0) is 9.09 Å². The molecule has 0 amide bonds. The minimum atomic E-state index is -2.48. The minimum Gasteiger partial charge on any atom is -0.328 e. The van der Waals surface area contributed by atoms with E-state index in [9.17, 15) is 4.57 Å². The number of unbranched alkanes of at least 4 members (excludes halogenated alkanes) is 1. The molecule has 0 spiro atoms. The predicted octanol–water partition coefficient (Wildman–Crippen LogP) is 4.29. The molecular weight excluding hydrogens is 207 g/mol. The summed E-state index contributed by atoms with van der Waals surface area (Å²) in [6, 6.07) is 0. The molecule has 0 aromatic carbocycles. The van der Waals surface area contributed by atoms with Crippen molar-refractivity contribution in [2.75, 3.05) is 6.61 Å². The average Bonchev–Trinajstić information content (AvgIpc) is 2.15. The Kier molecular flexibility index (Phi) is 3.44. The molecule has 1 aliphatic rings. The van der Waals surface area contributed by atoms with E-state index in [4.69, 9.17) is 4.52 Å². The topological polar surface area (TPSA) is 26.3 Å². The van der Waals surface area contributed by atoms with Crippen molar-refractivity contribution >= 4 is 7.37 Å². The van der Waals surface area contributed by atoms with Gasteiger partial charge in [-0.2, -0.15) is 0 Å². The normalized spacial score (nSPS) is 37.3. The summed E-state index contributed by atoms with van der Waals surface area (Å²) in [6.07, 6.45) is 2.10. The molecule has 0 unspecified atom stereocenters. The third-order valence-corrected chi connectivity index (χ3v) is 8.76. The molecule has 0 radical (unpaired) electrons. The Morgan fingerprint density at radius 3 is 2.07 bits per heavy atom. The molecule has 0 aromatic heterocycles. The Bertz CT molecular complexity index is 261. The van der Waals surface area contributed by atoms with Crippen molar-refractivity contribution in [3.63, 3.8) is 0 Å². The lowest BCUT2D eigenvalue weighted by molar-refractivity contribution is 0.178. The fourth-order valence-electron chi connectivity index (χ4n) is 2.72. The van der Waals surface area contributed by atoms with Crippen LogP contribution in [0.15, 0.2) is 0 Å². The third kappa shape index (κ3) is 1.61. The zero-order valence-electron chi connectivity index (χ0n) is 11.0. The van der Waals surface area contributed by atoms with Gasteiger partial charge in [0.15, 0.2) is 0 Å². The van der Waals surface area contributed by atoms with Gasteiger partial charge in [0.2, 0.25) is 7.37 Å². The molecule has 15 heavy (non-hydrogen) atoms. The zero-order valence-corrected chi connectivity index (χ0v) is 11.9. The summed E-state index contributed by atoms with van der Waals surface area (Å²) in [5.74, 6) is 0.456. The Balaban J connectivity index is 2.78. The van der Waals surface area contributed by atoms with Gasteiger partial charge in [0, 0.05) is 10.3 Å². The molecule has 0 bridgehead atoms. The second kappa shape index (κ2) is 3.89. The fraction of sp³-hybridized carbons (Fsp3) is 1.00. The zero-order chi connectivity index (χ0) is 11.9. The van der Waals surface area contributed by atoms with Crippen molar-refractivity contribution in [3.05, 3.63) is 0 Å². The van der Waals surface area contributed by atoms with Crippen LogP contribution in [0.1, 0.15) is 54.4 Å². The average molecular weight is 232 g/mol. The second-order valence-electron chi connectivity index (χ2n) is 5.77. The maximum atomic E-state index is 12.8. The lowest BCUT2D eigenvalue weighted by atomic mass is 9.83. The summed E-state index contributed by atoms with van der Waals surface area (Å²) in [7, 11) is -2.48. The largest absolute Gasteiger partial charge is 0.328 e. The summed E-state index contributed by atoms with van der Waals surface area (Å²) >= 11 is 0. The Morgan fingerprint density at radius 1 is 1.20 bits per heavy atom. The maximum Gasteiger partial charge on any atom is 0.214 e. The second-order valence-corrected chi connectivity index (χ2v) is 9.43. The molecule has 0 aromatic rings. The van der Waals surface area contributed by atoms with Gasteiger partial charge in [0.1, 0.15) is 0 Å². The van der Waals surface area contributed by atoms with Crippen LogP contribution >= 0.6 is 7.37 Å². The molecule has 2 nitrogen and oxygen atoms in total. The lowest BCUT2D eigenvalue weighted by Gasteiger charge is -2.61. The molecule has 1 heterocycles. The highest BCUT2D eigenvalue weighted by Gasteiger charge is 2.69. The van der Waals surface area contributed by atoms with Crippen molar-refractivity contribution in [1.82, 2.24) is 0 Å². The van der Waals surface area contributed by atoms with E-state index in [1.807, 2.05) is 0 Å². The van der Waals surface area contributed by atoms with Crippen LogP contribution in [0.25, 0.3) is 0 Å². The molecule has 1 saturated heterocycles. The fourth-order valence-corrected chi connectivity index (χ4v) is 6.72. The molecule has 1 rings (SSSR count). The minimum absolute atomic E-state index is 0.149. The van der Waals surface area contributed by atoms with Gasteiger partial charge in [0.05, 0.1) is 6.61 Å². The van der Waals surface area contributed by atoms with Gasteiger partial charge in [-0.05, 0) is 12.3 Å². The quantitative estimate of drug-likeness (QED) is 0.534. The first-order valence-electron chi connectivity index (χ1n) is 5.96. The molecular formula is C12H25O2P. The van der Waals surface area contributed by atoms with Crippen molar-refractivity contribution in [2.24, 2.45) is 5.92 Å². The Hall–Kier alpha value is 0.190. The smallest absolute Gasteiger partial charge is 0.214 e. The van der Waals surface area contributed by atoms with Gasteiger partial charge in [-0.1, -0.05) is 48.0 Å². The van der Waals surface area contributed by atoms with Crippen LogP contribution in [0.3, 0.4) is 0 Å². The van der Waals surface area contributed by atoms with E-state index >= 15 is 0 Å². The monoisotopic (exact) mass is 232 g/mol. The summed E-state index contributed by atoms with van der Waals surface area (Å²) in [5, 5.41) is -0.297. The van der Waals surface area contributed by atoms with Gasteiger partial charge in [0.25, 0.3) is 0 Å². The molecule has 1 fully saturated rings.